The minimum atomic E-state index is 0.0265. The van der Waals surface area contributed by atoms with E-state index in [0.29, 0.717) is 11.0 Å². The zero-order valence-electron chi connectivity index (χ0n) is 11.3. The lowest BCUT2D eigenvalue weighted by Crippen LogP contribution is -2.31. The summed E-state index contributed by atoms with van der Waals surface area (Å²) in [7, 11) is 0. The standard InChI is InChI=1S/C15H21N3O/c1-10-8-11(2-5-13(10)18-16)14(19)17-9-15(6-7-15)12-3-4-12/h2,5,8,12,18H,3-4,6-7,9,16H2,1H3,(H,17,19). The van der Waals surface area contributed by atoms with Gasteiger partial charge in [0.25, 0.3) is 5.91 Å². The molecule has 2 aliphatic carbocycles. The summed E-state index contributed by atoms with van der Waals surface area (Å²) in [5.41, 5.74) is 5.62. The molecule has 0 saturated heterocycles. The first-order valence-corrected chi connectivity index (χ1v) is 7.00. The maximum atomic E-state index is 12.2. The van der Waals surface area contributed by atoms with Crippen molar-refractivity contribution in [3.63, 3.8) is 0 Å². The van der Waals surface area contributed by atoms with Crippen molar-refractivity contribution in [1.82, 2.24) is 5.32 Å². The third-order valence-corrected chi connectivity index (χ3v) is 4.58. The molecule has 0 heterocycles. The fraction of sp³-hybridized carbons (Fsp3) is 0.533. The van der Waals surface area contributed by atoms with Crippen molar-refractivity contribution in [3.05, 3.63) is 29.3 Å². The Kier molecular flexibility index (Phi) is 2.97. The Morgan fingerprint density at radius 1 is 1.42 bits per heavy atom. The lowest BCUT2D eigenvalue weighted by molar-refractivity contribution is 0.0942. The number of aryl methyl sites for hydroxylation is 1. The number of carbonyl (C=O) groups excluding carboxylic acids is 1. The predicted molar refractivity (Wildman–Crippen MR) is 75.7 cm³/mol. The molecule has 19 heavy (non-hydrogen) atoms. The Hall–Kier alpha value is -1.55. The molecule has 0 aliphatic heterocycles. The maximum Gasteiger partial charge on any atom is 0.251 e. The number of rotatable bonds is 5. The van der Waals surface area contributed by atoms with Gasteiger partial charge in [-0.25, -0.2) is 0 Å². The van der Waals surface area contributed by atoms with E-state index in [1.54, 1.807) is 0 Å². The van der Waals surface area contributed by atoms with Crippen molar-refractivity contribution < 1.29 is 4.79 Å². The van der Waals surface area contributed by atoms with Crippen LogP contribution in [0.2, 0.25) is 0 Å². The summed E-state index contributed by atoms with van der Waals surface area (Å²) in [4.78, 5) is 12.2. The summed E-state index contributed by atoms with van der Waals surface area (Å²) in [6, 6.07) is 5.54. The minimum Gasteiger partial charge on any atom is -0.351 e. The van der Waals surface area contributed by atoms with Crippen molar-refractivity contribution in [2.45, 2.75) is 32.6 Å². The van der Waals surface area contributed by atoms with Crippen LogP contribution >= 0.6 is 0 Å². The van der Waals surface area contributed by atoms with Gasteiger partial charge in [0.2, 0.25) is 0 Å². The van der Waals surface area contributed by atoms with Crippen LogP contribution in [0.3, 0.4) is 0 Å². The Morgan fingerprint density at radius 3 is 2.68 bits per heavy atom. The molecule has 2 fully saturated rings. The number of amides is 1. The van der Waals surface area contributed by atoms with E-state index in [1.165, 1.54) is 25.7 Å². The van der Waals surface area contributed by atoms with Crippen LogP contribution in [-0.4, -0.2) is 12.5 Å². The van der Waals surface area contributed by atoms with Gasteiger partial charge in [-0.15, -0.1) is 0 Å². The molecule has 0 radical (unpaired) electrons. The SMILES string of the molecule is Cc1cc(C(=O)NCC2(C3CC3)CC2)ccc1NN. The van der Waals surface area contributed by atoms with Gasteiger partial charge in [0, 0.05) is 12.1 Å². The largest absolute Gasteiger partial charge is 0.351 e. The molecule has 3 rings (SSSR count). The first-order valence-electron chi connectivity index (χ1n) is 7.00. The van der Waals surface area contributed by atoms with Crippen LogP contribution in [0.1, 0.15) is 41.6 Å². The highest BCUT2D eigenvalue weighted by atomic mass is 16.1. The van der Waals surface area contributed by atoms with E-state index in [1.807, 2.05) is 25.1 Å². The van der Waals surface area contributed by atoms with Crippen LogP contribution in [0.15, 0.2) is 18.2 Å². The molecule has 1 aromatic carbocycles. The van der Waals surface area contributed by atoms with Gasteiger partial charge in [0.15, 0.2) is 0 Å². The second-order valence-corrected chi connectivity index (χ2v) is 5.99. The zero-order valence-corrected chi connectivity index (χ0v) is 11.3. The number of hydrazine groups is 1. The molecule has 2 saturated carbocycles. The van der Waals surface area contributed by atoms with Crippen molar-refractivity contribution in [1.29, 1.82) is 0 Å². The average Bonchev–Trinajstić information content (AvgIpc) is 3.28. The van der Waals surface area contributed by atoms with E-state index in [2.05, 4.69) is 10.7 Å². The summed E-state index contributed by atoms with van der Waals surface area (Å²) < 4.78 is 0. The van der Waals surface area contributed by atoms with Gasteiger partial charge in [-0.1, -0.05) is 0 Å². The summed E-state index contributed by atoms with van der Waals surface area (Å²) in [5, 5.41) is 3.10. The Bertz CT molecular complexity index is 504. The quantitative estimate of drug-likeness (QED) is 0.561. The van der Waals surface area contributed by atoms with Crippen molar-refractivity contribution in [2.24, 2.45) is 17.2 Å². The number of hydrogen-bond donors (Lipinski definition) is 3. The van der Waals surface area contributed by atoms with Gasteiger partial charge in [0.1, 0.15) is 0 Å². The fourth-order valence-corrected chi connectivity index (χ4v) is 2.91. The predicted octanol–water partition coefficient (Wildman–Crippen LogP) is 2.20. The number of hydrogen-bond acceptors (Lipinski definition) is 3. The van der Waals surface area contributed by atoms with Crippen LogP contribution in [0.5, 0.6) is 0 Å². The minimum absolute atomic E-state index is 0.0265. The van der Waals surface area contributed by atoms with E-state index >= 15 is 0 Å². The van der Waals surface area contributed by atoms with Gasteiger partial charge >= 0.3 is 0 Å². The third kappa shape index (κ3) is 2.45. The molecule has 0 aromatic heterocycles. The summed E-state index contributed by atoms with van der Waals surface area (Å²) in [5.74, 6) is 6.29. The molecular weight excluding hydrogens is 238 g/mol. The van der Waals surface area contributed by atoms with Crippen molar-refractivity contribution in [2.75, 3.05) is 12.0 Å². The first kappa shape index (κ1) is 12.5. The van der Waals surface area contributed by atoms with Gasteiger partial charge in [-0.3, -0.25) is 10.6 Å². The van der Waals surface area contributed by atoms with Crippen LogP contribution in [0.25, 0.3) is 0 Å². The number of nitrogen functional groups attached to an aromatic ring is 1. The number of benzene rings is 1. The monoisotopic (exact) mass is 259 g/mol. The summed E-state index contributed by atoms with van der Waals surface area (Å²) in [6.07, 6.45) is 5.28. The summed E-state index contributed by atoms with van der Waals surface area (Å²) >= 11 is 0. The van der Waals surface area contributed by atoms with E-state index < -0.39 is 0 Å². The molecular formula is C15H21N3O. The van der Waals surface area contributed by atoms with E-state index in [4.69, 9.17) is 5.84 Å². The van der Waals surface area contributed by atoms with Crippen LogP contribution < -0.4 is 16.6 Å². The lowest BCUT2D eigenvalue weighted by atomic mass is 10.0. The lowest BCUT2D eigenvalue weighted by Gasteiger charge is -2.15. The number of nitrogens with one attached hydrogen (secondary N) is 2. The Morgan fingerprint density at radius 2 is 2.16 bits per heavy atom. The number of carbonyl (C=O) groups is 1. The second-order valence-electron chi connectivity index (χ2n) is 5.99. The molecule has 0 bridgehead atoms. The molecule has 102 valence electrons. The van der Waals surface area contributed by atoms with Crippen LogP contribution in [-0.2, 0) is 0 Å². The normalized spacial score (nSPS) is 19.9. The molecule has 0 atom stereocenters. The van der Waals surface area contributed by atoms with Gasteiger partial charge in [-0.05, 0) is 67.7 Å². The van der Waals surface area contributed by atoms with Crippen LogP contribution in [0, 0.1) is 18.3 Å². The number of nitrogens with two attached hydrogens (primary N) is 1. The molecule has 4 heteroatoms. The molecule has 1 aromatic rings. The third-order valence-electron chi connectivity index (χ3n) is 4.58. The molecule has 0 spiro atoms. The zero-order chi connectivity index (χ0) is 13.5. The fourth-order valence-electron chi connectivity index (χ4n) is 2.91. The van der Waals surface area contributed by atoms with E-state index in [0.717, 1.165) is 23.7 Å². The maximum absolute atomic E-state index is 12.2. The second kappa shape index (κ2) is 4.53. The highest BCUT2D eigenvalue weighted by molar-refractivity contribution is 5.94. The van der Waals surface area contributed by atoms with Gasteiger partial charge in [0.05, 0.1) is 5.69 Å². The Labute approximate surface area is 113 Å². The molecule has 0 unspecified atom stereocenters. The smallest absolute Gasteiger partial charge is 0.251 e. The Balaban J connectivity index is 1.62. The summed E-state index contributed by atoms with van der Waals surface area (Å²) in [6.45, 7) is 2.78. The highest BCUT2D eigenvalue weighted by Crippen LogP contribution is 2.60. The molecule has 4 N–H and O–H groups in total. The average molecular weight is 259 g/mol. The van der Waals surface area contributed by atoms with Gasteiger partial charge < -0.3 is 10.7 Å². The topological polar surface area (TPSA) is 67.2 Å². The van der Waals surface area contributed by atoms with Crippen molar-refractivity contribution >= 4 is 11.6 Å². The van der Waals surface area contributed by atoms with E-state index in [9.17, 15) is 4.79 Å². The van der Waals surface area contributed by atoms with Crippen LogP contribution in [0.4, 0.5) is 5.69 Å². The van der Waals surface area contributed by atoms with E-state index in [-0.39, 0.29) is 5.91 Å². The molecule has 4 nitrogen and oxygen atoms in total. The van der Waals surface area contributed by atoms with Crippen molar-refractivity contribution in [3.8, 4) is 0 Å². The molecule has 2 aliphatic rings. The number of anilines is 1. The molecule has 1 amide bonds. The highest BCUT2D eigenvalue weighted by Gasteiger charge is 2.53. The first-order chi connectivity index (χ1) is 9.14. The van der Waals surface area contributed by atoms with Gasteiger partial charge in [-0.2, -0.15) is 0 Å².